The van der Waals surface area contributed by atoms with Crippen molar-refractivity contribution in [2.24, 2.45) is 5.92 Å². The molecule has 1 unspecified atom stereocenters. The molecule has 0 saturated carbocycles. The summed E-state index contributed by atoms with van der Waals surface area (Å²) < 4.78 is 11.1. The van der Waals surface area contributed by atoms with Crippen LogP contribution in [-0.4, -0.2) is 62.7 Å². The van der Waals surface area contributed by atoms with Crippen LogP contribution in [0.2, 0.25) is 0 Å². The SMILES string of the molecule is CC(NC(=O)C1CCN(C(=O)CCOc2ccccc2)CC1)c1ccc(N2CCOCC2)cc1. The van der Waals surface area contributed by atoms with E-state index in [1.165, 1.54) is 5.69 Å². The molecule has 2 saturated heterocycles. The Kier molecular flexibility index (Phi) is 8.41. The molecular weight excluding hydrogens is 430 g/mol. The predicted molar refractivity (Wildman–Crippen MR) is 132 cm³/mol. The second-order valence-corrected chi connectivity index (χ2v) is 8.99. The number of morpholine rings is 1. The molecule has 0 aromatic heterocycles. The summed E-state index contributed by atoms with van der Waals surface area (Å²) in [5, 5.41) is 3.17. The fraction of sp³-hybridized carbons (Fsp3) is 0.481. The van der Waals surface area contributed by atoms with E-state index in [0.29, 0.717) is 39.0 Å². The molecule has 0 radical (unpaired) electrons. The van der Waals surface area contributed by atoms with Gasteiger partial charge in [0.1, 0.15) is 5.75 Å². The van der Waals surface area contributed by atoms with Gasteiger partial charge < -0.3 is 24.6 Å². The minimum Gasteiger partial charge on any atom is -0.493 e. The molecule has 0 aliphatic carbocycles. The van der Waals surface area contributed by atoms with Crippen molar-refractivity contribution in [1.29, 1.82) is 0 Å². The molecule has 0 bridgehead atoms. The van der Waals surface area contributed by atoms with Crippen LogP contribution in [0, 0.1) is 5.92 Å². The molecule has 7 nitrogen and oxygen atoms in total. The molecule has 7 heteroatoms. The zero-order valence-electron chi connectivity index (χ0n) is 19.9. The van der Waals surface area contributed by atoms with E-state index >= 15 is 0 Å². The zero-order chi connectivity index (χ0) is 23.8. The minimum absolute atomic E-state index is 0.0546. The molecule has 4 rings (SSSR count). The summed E-state index contributed by atoms with van der Waals surface area (Å²) in [7, 11) is 0. The first-order chi connectivity index (χ1) is 16.6. The monoisotopic (exact) mass is 465 g/mol. The highest BCUT2D eigenvalue weighted by molar-refractivity contribution is 5.80. The van der Waals surface area contributed by atoms with Gasteiger partial charge in [-0.15, -0.1) is 0 Å². The second kappa shape index (κ2) is 11.9. The van der Waals surface area contributed by atoms with Crippen molar-refractivity contribution in [3.05, 3.63) is 60.2 Å². The number of carbonyl (C=O) groups excluding carboxylic acids is 2. The number of benzene rings is 2. The molecule has 2 aliphatic rings. The first-order valence-electron chi connectivity index (χ1n) is 12.3. The lowest BCUT2D eigenvalue weighted by Gasteiger charge is -2.32. The molecule has 1 atom stereocenters. The average molecular weight is 466 g/mol. The van der Waals surface area contributed by atoms with Gasteiger partial charge in [-0.1, -0.05) is 30.3 Å². The Hall–Kier alpha value is -3.06. The number of piperidine rings is 1. The Balaban J connectivity index is 1.18. The molecule has 1 N–H and O–H groups in total. The molecule has 2 aromatic rings. The quantitative estimate of drug-likeness (QED) is 0.647. The molecule has 2 aromatic carbocycles. The minimum atomic E-state index is -0.0558. The van der Waals surface area contributed by atoms with E-state index in [4.69, 9.17) is 9.47 Å². The zero-order valence-corrected chi connectivity index (χ0v) is 19.9. The van der Waals surface area contributed by atoms with Crippen molar-refractivity contribution in [1.82, 2.24) is 10.2 Å². The first-order valence-corrected chi connectivity index (χ1v) is 12.3. The molecular formula is C27H35N3O4. The number of carbonyl (C=O) groups is 2. The van der Waals surface area contributed by atoms with Gasteiger partial charge in [-0.25, -0.2) is 0 Å². The number of nitrogens with zero attached hydrogens (tertiary/aromatic N) is 2. The van der Waals surface area contributed by atoms with Gasteiger partial charge in [-0.3, -0.25) is 9.59 Å². The average Bonchev–Trinajstić information content (AvgIpc) is 2.90. The highest BCUT2D eigenvalue weighted by Crippen LogP contribution is 2.23. The van der Waals surface area contributed by atoms with Crippen molar-refractivity contribution in [2.75, 3.05) is 50.9 Å². The van der Waals surface area contributed by atoms with Gasteiger partial charge in [-0.05, 0) is 49.6 Å². The van der Waals surface area contributed by atoms with E-state index in [1.807, 2.05) is 42.2 Å². The number of ether oxygens (including phenoxy) is 2. The predicted octanol–water partition coefficient (Wildman–Crippen LogP) is 3.41. The van der Waals surface area contributed by atoms with Gasteiger partial charge in [0.15, 0.2) is 0 Å². The summed E-state index contributed by atoms with van der Waals surface area (Å²) in [4.78, 5) is 29.5. The van der Waals surface area contributed by atoms with E-state index < -0.39 is 0 Å². The van der Waals surface area contributed by atoms with Crippen LogP contribution in [-0.2, 0) is 14.3 Å². The molecule has 2 fully saturated rings. The first kappa shape index (κ1) is 24.1. The van der Waals surface area contributed by atoms with E-state index in [2.05, 4.69) is 34.5 Å². The number of hydrogen-bond acceptors (Lipinski definition) is 5. The van der Waals surface area contributed by atoms with E-state index in [-0.39, 0.29) is 23.8 Å². The largest absolute Gasteiger partial charge is 0.493 e. The maximum absolute atomic E-state index is 12.8. The summed E-state index contributed by atoms with van der Waals surface area (Å²) in [6, 6.07) is 17.9. The van der Waals surface area contributed by atoms with Crippen LogP contribution in [0.25, 0.3) is 0 Å². The van der Waals surface area contributed by atoms with Crippen LogP contribution in [0.15, 0.2) is 54.6 Å². The fourth-order valence-electron chi connectivity index (χ4n) is 4.53. The second-order valence-electron chi connectivity index (χ2n) is 8.99. The Morgan fingerprint density at radius 3 is 2.35 bits per heavy atom. The Morgan fingerprint density at radius 1 is 1.00 bits per heavy atom. The number of anilines is 1. The number of nitrogens with one attached hydrogen (secondary N) is 1. The van der Waals surface area contributed by atoms with Crippen molar-refractivity contribution >= 4 is 17.5 Å². The van der Waals surface area contributed by atoms with E-state index in [9.17, 15) is 9.59 Å². The maximum Gasteiger partial charge on any atom is 0.225 e. The standard InChI is InChI=1S/C27H35N3O4/c1-21(22-7-9-24(10-8-22)29-16-19-33-20-17-29)28-27(32)23-11-14-30(15-12-23)26(31)13-18-34-25-5-3-2-4-6-25/h2-10,21,23H,11-20H2,1H3,(H,28,32). The molecule has 2 aliphatic heterocycles. The molecule has 34 heavy (non-hydrogen) atoms. The number of para-hydroxylation sites is 1. The molecule has 2 amide bonds. The molecule has 2 heterocycles. The third kappa shape index (κ3) is 6.50. The van der Waals surface area contributed by atoms with Crippen LogP contribution < -0.4 is 15.0 Å². The van der Waals surface area contributed by atoms with Gasteiger partial charge in [0.2, 0.25) is 11.8 Å². The number of likely N-dealkylation sites (tertiary alicyclic amines) is 1. The van der Waals surface area contributed by atoms with Crippen LogP contribution in [0.5, 0.6) is 5.75 Å². The topological polar surface area (TPSA) is 71.1 Å². The maximum atomic E-state index is 12.8. The fourth-order valence-corrected chi connectivity index (χ4v) is 4.53. The van der Waals surface area contributed by atoms with Gasteiger partial charge in [0, 0.05) is 37.8 Å². The number of amides is 2. The molecule has 182 valence electrons. The summed E-state index contributed by atoms with van der Waals surface area (Å²) >= 11 is 0. The third-order valence-corrected chi connectivity index (χ3v) is 6.67. The highest BCUT2D eigenvalue weighted by atomic mass is 16.5. The number of hydrogen-bond donors (Lipinski definition) is 1. The lowest BCUT2D eigenvalue weighted by molar-refractivity contribution is -0.136. The number of rotatable bonds is 8. The summed E-state index contributed by atoms with van der Waals surface area (Å²) in [5.74, 6) is 0.878. The smallest absolute Gasteiger partial charge is 0.225 e. The summed E-state index contributed by atoms with van der Waals surface area (Å²) in [6.45, 7) is 6.97. The van der Waals surface area contributed by atoms with Crippen LogP contribution in [0.3, 0.4) is 0 Å². The van der Waals surface area contributed by atoms with E-state index in [1.54, 1.807) is 0 Å². The van der Waals surface area contributed by atoms with Gasteiger partial charge in [-0.2, -0.15) is 0 Å². The van der Waals surface area contributed by atoms with Crippen molar-refractivity contribution in [3.8, 4) is 5.75 Å². The van der Waals surface area contributed by atoms with Crippen molar-refractivity contribution < 1.29 is 19.1 Å². The van der Waals surface area contributed by atoms with Crippen molar-refractivity contribution in [2.45, 2.75) is 32.2 Å². The Bertz CT molecular complexity index is 921. The highest BCUT2D eigenvalue weighted by Gasteiger charge is 2.28. The van der Waals surface area contributed by atoms with Crippen LogP contribution in [0.1, 0.15) is 37.8 Å². The lowest BCUT2D eigenvalue weighted by Crippen LogP contribution is -2.43. The lowest BCUT2D eigenvalue weighted by atomic mass is 9.95. The molecule has 0 spiro atoms. The summed E-state index contributed by atoms with van der Waals surface area (Å²) in [6.07, 6.45) is 1.74. The van der Waals surface area contributed by atoms with Gasteiger partial charge in [0.25, 0.3) is 0 Å². The van der Waals surface area contributed by atoms with Crippen LogP contribution >= 0.6 is 0 Å². The van der Waals surface area contributed by atoms with Crippen LogP contribution in [0.4, 0.5) is 5.69 Å². The Morgan fingerprint density at radius 2 is 1.68 bits per heavy atom. The van der Waals surface area contributed by atoms with Gasteiger partial charge in [0.05, 0.1) is 32.3 Å². The Labute approximate surface area is 202 Å². The third-order valence-electron chi connectivity index (χ3n) is 6.67. The van der Waals surface area contributed by atoms with E-state index in [0.717, 1.165) is 37.6 Å². The normalized spacial score (nSPS) is 17.8. The van der Waals surface area contributed by atoms with Crippen molar-refractivity contribution in [3.63, 3.8) is 0 Å². The van der Waals surface area contributed by atoms with Gasteiger partial charge >= 0.3 is 0 Å². The summed E-state index contributed by atoms with van der Waals surface area (Å²) in [5.41, 5.74) is 2.29.